The summed E-state index contributed by atoms with van der Waals surface area (Å²) < 4.78 is 0. The van der Waals surface area contributed by atoms with Crippen LogP contribution in [0.15, 0.2) is 18.3 Å². The van der Waals surface area contributed by atoms with E-state index in [4.69, 9.17) is 11.6 Å². The number of nitrogens with zero attached hydrogens (tertiary/aromatic N) is 2. The van der Waals surface area contributed by atoms with Crippen molar-refractivity contribution in [2.24, 2.45) is 11.8 Å². The van der Waals surface area contributed by atoms with E-state index < -0.39 is 0 Å². The lowest BCUT2D eigenvalue weighted by molar-refractivity contribution is -0.139. The molecule has 2 saturated heterocycles. The lowest BCUT2D eigenvalue weighted by atomic mass is 9.92. The van der Waals surface area contributed by atoms with Crippen LogP contribution in [0.1, 0.15) is 25.7 Å². The van der Waals surface area contributed by atoms with Crippen LogP contribution >= 0.6 is 11.6 Å². The number of likely N-dealkylation sites (tertiary alicyclic amines) is 1. The number of rotatable bonds is 3. The van der Waals surface area contributed by atoms with Crippen LogP contribution in [0, 0.1) is 11.8 Å². The van der Waals surface area contributed by atoms with E-state index in [1.54, 1.807) is 12.1 Å². The number of piperidine rings is 2. The second-order valence-electron chi connectivity index (χ2n) is 6.50. The number of amides is 2. The lowest BCUT2D eigenvalue weighted by Crippen LogP contribution is -2.47. The Morgan fingerprint density at radius 2 is 2.00 bits per heavy atom. The van der Waals surface area contributed by atoms with Crippen LogP contribution < -0.4 is 10.6 Å². The zero-order chi connectivity index (χ0) is 16.9. The van der Waals surface area contributed by atoms with Crippen molar-refractivity contribution in [3.8, 4) is 0 Å². The molecule has 2 aliphatic heterocycles. The quantitative estimate of drug-likeness (QED) is 0.873. The summed E-state index contributed by atoms with van der Waals surface area (Å²) in [5, 5.41) is 6.63. The van der Waals surface area contributed by atoms with Gasteiger partial charge < -0.3 is 15.5 Å². The Hall–Kier alpha value is -1.66. The Bertz CT molecular complexity index is 587. The number of aromatic nitrogens is 1. The minimum absolute atomic E-state index is 0.0763. The van der Waals surface area contributed by atoms with Gasteiger partial charge in [-0.05, 0) is 50.9 Å². The van der Waals surface area contributed by atoms with Crippen molar-refractivity contribution in [2.75, 3.05) is 31.5 Å². The van der Waals surface area contributed by atoms with Crippen LogP contribution in [0.2, 0.25) is 5.02 Å². The minimum Gasteiger partial charge on any atom is -0.342 e. The fraction of sp³-hybridized carbons (Fsp3) is 0.588. The van der Waals surface area contributed by atoms with Crippen molar-refractivity contribution < 1.29 is 9.59 Å². The number of hydrogen-bond acceptors (Lipinski definition) is 4. The number of anilines is 1. The molecule has 130 valence electrons. The smallest absolute Gasteiger partial charge is 0.230 e. The van der Waals surface area contributed by atoms with Crippen LogP contribution in [0.25, 0.3) is 0 Å². The van der Waals surface area contributed by atoms with Crippen molar-refractivity contribution in [3.05, 3.63) is 23.4 Å². The first-order chi connectivity index (χ1) is 11.6. The van der Waals surface area contributed by atoms with Crippen molar-refractivity contribution in [2.45, 2.75) is 25.7 Å². The second kappa shape index (κ2) is 7.94. The molecule has 0 spiro atoms. The van der Waals surface area contributed by atoms with Gasteiger partial charge in [-0.1, -0.05) is 11.6 Å². The number of carbonyl (C=O) groups excluding carboxylic acids is 2. The largest absolute Gasteiger partial charge is 0.342 e. The van der Waals surface area contributed by atoms with Gasteiger partial charge in [-0.2, -0.15) is 0 Å². The van der Waals surface area contributed by atoms with Gasteiger partial charge in [0.1, 0.15) is 5.82 Å². The molecule has 1 aromatic rings. The summed E-state index contributed by atoms with van der Waals surface area (Å²) in [5.74, 6) is 0.547. The summed E-state index contributed by atoms with van der Waals surface area (Å²) in [6.07, 6.45) is 4.95. The van der Waals surface area contributed by atoms with E-state index in [2.05, 4.69) is 15.6 Å². The molecule has 2 fully saturated rings. The fourth-order valence-corrected chi connectivity index (χ4v) is 3.51. The van der Waals surface area contributed by atoms with E-state index in [0.29, 0.717) is 17.4 Å². The Labute approximate surface area is 147 Å². The predicted molar refractivity (Wildman–Crippen MR) is 92.8 cm³/mol. The summed E-state index contributed by atoms with van der Waals surface area (Å²) in [5.41, 5.74) is 0. The van der Waals surface area contributed by atoms with Gasteiger partial charge in [-0.15, -0.1) is 0 Å². The Kier molecular flexibility index (Phi) is 5.68. The molecule has 0 bridgehead atoms. The van der Waals surface area contributed by atoms with Crippen molar-refractivity contribution >= 4 is 29.2 Å². The highest BCUT2D eigenvalue weighted by molar-refractivity contribution is 6.30. The van der Waals surface area contributed by atoms with Crippen LogP contribution in [-0.4, -0.2) is 47.9 Å². The molecular formula is C17H23ClN4O2. The van der Waals surface area contributed by atoms with Crippen molar-refractivity contribution in [1.29, 1.82) is 0 Å². The normalized spacial score (nSPS) is 22.2. The molecule has 1 unspecified atom stereocenters. The Balaban J connectivity index is 1.57. The highest BCUT2D eigenvalue weighted by atomic mass is 35.5. The standard InChI is InChI=1S/C17H23ClN4O2/c18-14-3-4-15(20-10-14)21-16(23)13-2-1-9-22(11-13)17(24)12-5-7-19-8-6-12/h3-4,10,12-13,19H,1-2,5-9,11H2,(H,20,21,23). The molecule has 3 heterocycles. The zero-order valence-electron chi connectivity index (χ0n) is 13.6. The first-order valence-corrected chi connectivity index (χ1v) is 8.93. The maximum Gasteiger partial charge on any atom is 0.230 e. The zero-order valence-corrected chi connectivity index (χ0v) is 14.4. The first-order valence-electron chi connectivity index (χ1n) is 8.55. The third kappa shape index (κ3) is 4.24. The molecule has 0 aromatic carbocycles. The van der Waals surface area contributed by atoms with Gasteiger partial charge in [0.25, 0.3) is 0 Å². The van der Waals surface area contributed by atoms with Crippen LogP contribution in [0.4, 0.5) is 5.82 Å². The molecule has 3 rings (SSSR count). The molecule has 0 aliphatic carbocycles. The lowest BCUT2D eigenvalue weighted by Gasteiger charge is -2.35. The molecule has 1 atom stereocenters. The van der Waals surface area contributed by atoms with Crippen molar-refractivity contribution in [3.63, 3.8) is 0 Å². The Morgan fingerprint density at radius 1 is 1.21 bits per heavy atom. The topological polar surface area (TPSA) is 74.3 Å². The van der Waals surface area contributed by atoms with E-state index in [1.807, 2.05) is 4.90 Å². The third-order valence-electron chi connectivity index (χ3n) is 4.77. The average Bonchev–Trinajstić information content (AvgIpc) is 2.64. The summed E-state index contributed by atoms with van der Waals surface area (Å²) in [6, 6.07) is 3.37. The summed E-state index contributed by atoms with van der Waals surface area (Å²) in [4.78, 5) is 31.1. The van der Waals surface area contributed by atoms with Gasteiger partial charge in [-0.3, -0.25) is 9.59 Å². The summed E-state index contributed by atoms with van der Waals surface area (Å²) >= 11 is 5.80. The number of carbonyl (C=O) groups is 2. The van der Waals surface area contributed by atoms with Gasteiger partial charge in [0.2, 0.25) is 11.8 Å². The summed E-state index contributed by atoms with van der Waals surface area (Å²) in [6.45, 7) is 3.06. The SMILES string of the molecule is O=C(Nc1ccc(Cl)cn1)C1CCCN(C(=O)C2CCNCC2)C1. The van der Waals surface area contributed by atoms with E-state index >= 15 is 0 Å². The van der Waals surface area contributed by atoms with Crippen LogP contribution in [-0.2, 0) is 9.59 Å². The highest BCUT2D eigenvalue weighted by Gasteiger charge is 2.32. The molecule has 2 N–H and O–H groups in total. The average molecular weight is 351 g/mol. The molecule has 1 aromatic heterocycles. The van der Waals surface area contributed by atoms with E-state index in [-0.39, 0.29) is 23.7 Å². The molecule has 7 heteroatoms. The number of halogens is 1. The van der Waals surface area contributed by atoms with Crippen molar-refractivity contribution in [1.82, 2.24) is 15.2 Å². The molecular weight excluding hydrogens is 328 g/mol. The fourth-order valence-electron chi connectivity index (χ4n) is 3.40. The first kappa shape index (κ1) is 17.2. The van der Waals surface area contributed by atoms with Gasteiger partial charge in [0, 0.05) is 25.2 Å². The van der Waals surface area contributed by atoms with E-state index in [1.165, 1.54) is 6.20 Å². The van der Waals surface area contributed by atoms with Gasteiger partial charge >= 0.3 is 0 Å². The molecule has 2 amide bonds. The van der Waals surface area contributed by atoms with E-state index in [0.717, 1.165) is 45.3 Å². The van der Waals surface area contributed by atoms with E-state index in [9.17, 15) is 9.59 Å². The molecule has 6 nitrogen and oxygen atoms in total. The van der Waals surface area contributed by atoms with Gasteiger partial charge in [0.15, 0.2) is 0 Å². The molecule has 24 heavy (non-hydrogen) atoms. The summed E-state index contributed by atoms with van der Waals surface area (Å²) in [7, 11) is 0. The molecule has 2 aliphatic rings. The minimum atomic E-state index is -0.179. The monoisotopic (exact) mass is 350 g/mol. The number of pyridine rings is 1. The number of nitrogens with one attached hydrogen (secondary N) is 2. The van der Waals surface area contributed by atoms with Crippen LogP contribution in [0.5, 0.6) is 0 Å². The Morgan fingerprint density at radius 3 is 2.71 bits per heavy atom. The predicted octanol–water partition coefficient (Wildman–Crippen LogP) is 1.91. The van der Waals surface area contributed by atoms with Gasteiger partial charge in [-0.25, -0.2) is 4.98 Å². The van der Waals surface area contributed by atoms with Gasteiger partial charge in [0.05, 0.1) is 10.9 Å². The molecule has 0 saturated carbocycles. The third-order valence-corrected chi connectivity index (χ3v) is 4.99. The molecule has 0 radical (unpaired) electrons. The maximum atomic E-state index is 12.7. The highest BCUT2D eigenvalue weighted by Crippen LogP contribution is 2.23. The van der Waals surface area contributed by atoms with Crippen LogP contribution in [0.3, 0.4) is 0 Å². The number of hydrogen-bond donors (Lipinski definition) is 2. The second-order valence-corrected chi connectivity index (χ2v) is 6.94. The maximum absolute atomic E-state index is 12.7.